The average Bonchev–Trinajstić information content (AvgIpc) is 2.50. The largest absolute Gasteiger partial charge is 0.405 e. The smallest absolute Gasteiger partial charge is 0.351 e. The van der Waals surface area contributed by atoms with Crippen molar-refractivity contribution in [1.82, 2.24) is 10.5 Å². The molecule has 0 bridgehead atoms. The van der Waals surface area contributed by atoms with Gasteiger partial charge in [0.2, 0.25) is 5.76 Å². The highest BCUT2D eigenvalue weighted by Gasteiger charge is 2.28. The number of nitrogens with one attached hydrogen (secondary N) is 1. The van der Waals surface area contributed by atoms with Crippen molar-refractivity contribution in [3.63, 3.8) is 0 Å². The van der Waals surface area contributed by atoms with Gasteiger partial charge in [-0.2, -0.15) is 13.2 Å². The number of amides is 1. The van der Waals surface area contributed by atoms with E-state index in [1.807, 2.05) is 0 Å². The fourth-order valence-electron chi connectivity index (χ4n) is 0.601. The maximum absolute atomic E-state index is 11.6. The molecule has 72 valence electrons. The van der Waals surface area contributed by atoms with Gasteiger partial charge >= 0.3 is 6.18 Å². The summed E-state index contributed by atoms with van der Waals surface area (Å²) >= 11 is 0. The molecular formula is C6H5F3N2O2. The number of nitrogens with zero attached hydrogens (tertiary/aromatic N) is 1. The summed E-state index contributed by atoms with van der Waals surface area (Å²) in [5.41, 5.74) is 0. The molecule has 0 unspecified atom stereocenters. The van der Waals surface area contributed by atoms with E-state index >= 15 is 0 Å². The molecule has 0 aromatic carbocycles. The van der Waals surface area contributed by atoms with Crippen LogP contribution in [-0.4, -0.2) is 23.8 Å². The highest BCUT2D eigenvalue weighted by atomic mass is 19.4. The summed E-state index contributed by atoms with van der Waals surface area (Å²) in [6.45, 7) is -1.38. The Bertz CT molecular complexity index is 281. The summed E-state index contributed by atoms with van der Waals surface area (Å²) in [4.78, 5) is 10.8. The molecule has 7 heteroatoms. The summed E-state index contributed by atoms with van der Waals surface area (Å²) < 4.78 is 39.1. The first-order valence-corrected chi connectivity index (χ1v) is 3.25. The minimum absolute atomic E-state index is 0.246. The van der Waals surface area contributed by atoms with Crippen molar-refractivity contribution in [2.24, 2.45) is 0 Å². The number of carbonyl (C=O) groups is 1. The van der Waals surface area contributed by atoms with E-state index in [0.717, 1.165) is 0 Å². The fraction of sp³-hybridized carbons (Fsp3) is 0.333. The molecule has 0 aliphatic rings. The third kappa shape index (κ3) is 3.14. The lowest BCUT2D eigenvalue weighted by Crippen LogP contribution is -2.33. The van der Waals surface area contributed by atoms with Gasteiger partial charge in [0, 0.05) is 6.07 Å². The molecule has 0 saturated heterocycles. The summed E-state index contributed by atoms with van der Waals surface area (Å²) in [7, 11) is 0. The van der Waals surface area contributed by atoms with Gasteiger partial charge < -0.3 is 9.84 Å². The Morgan fingerprint density at radius 3 is 2.77 bits per heavy atom. The van der Waals surface area contributed by atoms with Crippen LogP contribution in [0, 0.1) is 0 Å². The third-order valence-electron chi connectivity index (χ3n) is 1.11. The average molecular weight is 194 g/mol. The Balaban J connectivity index is 2.44. The molecule has 0 fully saturated rings. The number of hydrogen-bond acceptors (Lipinski definition) is 3. The Hall–Kier alpha value is -1.53. The second-order valence-electron chi connectivity index (χ2n) is 2.17. The van der Waals surface area contributed by atoms with Crippen molar-refractivity contribution < 1.29 is 22.5 Å². The van der Waals surface area contributed by atoms with Crippen LogP contribution in [0.5, 0.6) is 0 Å². The van der Waals surface area contributed by atoms with Gasteiger partial charge in [-0.1, -0.05) is 5.16 Å². The normalized spacial score (nSPS) is 11.3. The highest BCUT2D eigenvalue weighted by molar-refractivity contribution is 5.91. The van der Waals surface area contributed by atoms with Crippen LogP contribution >= 0.6 is 0 Å². The standard InChI is InChI=1S/C6H5F3N2O2/c7-6(8,9)3-10-5(12)4-1-2-11-13-4/h1-2H,3H2,(H,10,12). The van der Waals surface area contributed by atoms with Crippen LogP contribution in [0.4, 0.5) is 13.2 Å². The lowest BCUT2D eigenvalue weighted by Gasteiger charge is -2.05. The lowest BCUT2D eigenvalue weighted by molar-refractivity contribution is -0.123. The zero-order valence-electron chi connectivity index (χ0n) is 6.26. The second kappa shape index (κ2) is 3.46. The molecule has 1 aromatic rings. The van der Waals surface area contributed by atoms with Crippen molar-refractivity contribution >= 4 is 5.91 Å². The van der Waals surface area contributed by atoms with E-state index in [4.69, 9.17) is 0 Å². The van der Waals surface area contributed by atoms with Crippen LogP contribution in [-0.2, 0) is 0 Å². The van der Waals surface area contributed by atoms with Crippen molar-refractivity contribution in [2.45, 2.75) is 6.18 Å². The molecule has 1 N–H and O–H groups in total. The van der Waals surface area contributed by atoms with Crippen molar-refractivity contribution in [3.8, 4) is 0 Å². The van der Waals surface area contributed by atoms with Crippen LogP contribution in [0.25, 0.3) is 0 Å². The molecule has 0 aliphatic carbocycles. The summed E-state index contributed by atoms with van der Waals surface area (Å²) in [6.07, 6.45) is -3.25. The molecule has 0 aliphatic heterocycles. The first-order valence-electron chi connectivity index (χ1n) is 3.25. The molecule has 1 heterocycles. The number of rotatable bonds is 2. The molecule has 1 rings (SSSR count). The van der Waals surface area contributed by atoms with Crippen molar-refractivity contribution in [2.75, 3.05) is 6.54 Å². The van der Waals surface area contributed by atoms with E-state index in [1.54, 1.807) is 5.32 Å². The Morgan fingerprint density at radius 1 is 1.62 bits per heavy atom. The van der Waals surface area contributed by atoms with Gasteiger partial charge in [-0.25, -0.2) is 0 Å². The molecular weight excluding hydrogens is 189 g/mol. The van der Waals surface area contributed by atoms with Crippen LogP contribution in [0.3, 0.4) is 0 Å². The van der Waals surface area contributed by atoms with Crippen LogP contribution < -0.4 is 5.32 Å². The zero-order chi connectivity index (χ0) is 9.90. The molecule has 0 atom stereocenters. The lowest BCUT2D eigenvalue weighted by atomic mass is 10.4. The van der Waals surface area contributed by atoms with Gasteiger partial charge in [0.1, 0.15) is 6.54 Å². The molecule has 4 nitrogen and oxygen atoms in total. The van der Waals surface area contributed by atoms with Crippen LogP contribution in [0.15, 0.2) is 16.8 Å². The van der Waals surface area contributed by atoms with Gasteiger partial charge in [-0.05, 0) is 0 Å². The molecule has 1 amide bonds. The molecule has 13 heavy (non-hydrogen) atoms. The van der Waals surface area contributed by atoms with E-state index in [-0.39, 0.29) is 5.76 Å². The fourth-order valence-corrected chi connectivity index (χ4v) is 0.601. The Morgan fingerprint density at radius 2 is 2.31 bits per heavy atom. The minimum atomic E-state index is -4.42. The predicted octanol–water partition coefficient (Wildman–Crippen LogP) is 0.967. The van der Waals surface area contributed by atoms with E-state index < -0.39 is 18.6 Å². The maximum atomic E-state index is 11.6. The highest BCUT2D eigenvalue weighted by Crippen LogP contribution is 2.12. The van der Waals surface area contributed by atoms with Gasteiger partial charge in [0.05, 0.1) is 6.20 Å². The Kier molecular flexibility index (Phi) is 2.54. The number of alkyl halides is 3. The summed E-state index contributed by atoms with van der Waals surface area (Å²) in [5.74, 6) is -1.18. The SMILES string of the molecule is O=C(NCC(F)(F)F)c1ccno1. The number of hydrogen-bond donors (Lipinski definition) is 1. The molecule has 0 radical (unpaired) electrons. The van der Waals surface area contributed by atoms with Crippen molar-refractivity contribution in [1.29, 1.82) is 0 Å². The van der Waals surface area contributed by atoms with E-state index in [1.165, 1.54) is 12.3 Å². The maximum Gasteiger partial charge on any atom is 0.405 e. The monoisotopic (exact) mass is 194 g/mol. The quantitative estimate of drug-likeness (QED) is 0.762. The summed E-state index contributed by atoms with van der Waals surface area (Å²) in [6, 6.07) is 1.17. The van der Waals surface area contributed by atoms with Crippen LogP contribution in [0.2, 0.25) is 0 Å². The topological polar surface area (TPSA) is 55.1 Å². The second-order valence-corrected chi connectivity index (χ2v) is 2.17. The molecule has 1 aromatic heterocycles. The van der Waals surface area contributed by atoms with E-state index in [2.05, 4.69) is 9.68 Å². The number of aromatic nitrogens is 1. The predicted molar refractivity (Wildman–Crippen MR) is 34.9 cm³/mol. The van der Waals surface area contributed by atoms with E-state index in [0.29, 0.717) is 0 Å². The first-order chi connectivity index (χ1) is 5.99. The number of carbonyl (C=O) groups excluding carboxylic acids is 1. The van der Waals surface area contributed by atoms with E-state index in [9.17, 15) is 18.0 Å². The summed E-state index contributed by atoms with van der Waals surface area (Å²) in [5, 5.41) is 4.80. The van der Waals surface area contributed by atoms with Gasteiger partial charge in [-0.15, -0.1) is 0 Å². The number of halogens is 3. The Labute approximate surface area is 70.7 Å². The molecule has 0 saturated carbocycles. The van der Waals surface area contributed by atoms with Gasteiger partial charge in [-0.3, -0.25) is 4.79 Å². The third-order valence-corrected chi connectivity index (χ3v) is 1.11. The molecule has 0 spiro atoms. The van der Waals surface area contributed by atoms with Gasteiger partial charge in [0.25, 0.3) is 5.91 Å². The van der Waals surface area contributed by atoms with Crippen molar-refractivity contribution in [3.05, 3.63) is 18.0 Å². The first kappa shape index (κ1) is 9.56. The van der Waals surface area contributed by atoms with Crippen LogP contribution in [0.1, 0.15) is 10.6 Å². The van der Waals surface area contributed by atoms with Gasteiger partial charge in [0.15, 0.2) is 0 Å². The minimum Gasteiger partial charge on any atom is -0.351 e. The zero-order valence-corrected chi connectivity index (χ0v) is 6.26.